The van der Waals surface area contributed by atoms with Crippen molar-refractivity contribution in [3.05, 3.63) is 66.2 Å². The molecule has 0 spiro atoms. The molecule has 1 fully saturated rings. The average molecular weight is 379 g/mol. The Balaban J connectivity index is 1.50. The number of hydrogen-bond acceptors (Lipinski definition) is 2. The molecule has 1 saturated carbocycles. The fourth-order valence-corrected chi connectivity index (χ4v) is 3.90. The van der Waals surface area contributed by atoms with Gasteiger partial charge in [0.1, 0.15) is 0 Å². The highest BCUT2D eigenvalue weighted by molar-refractivity contribution is 5.94. The van der Waals surface area contributed by atoms with E-state index in [2.05, 4.69) is 5.32 Å². The lowest BCUT2D eigenvalue weighted by molar-refractivity contribution is -0.118. The molecule has 4 nitrogen and oxygen atoms in total. The molecule has 2 aromatic rings. The van der Waals surface area contributed by atoms with Crippen LogP contribution in [0.4, 0.5) is 5.69 Å². The van der Waals surface area contributed by atoms with Crippen LogP contribution in [-0.4, -0.2) is 24.9 Å². The minimum absolute atomic E-state index is 0.0700. The van der Waals surface area contributed by atoms with Gasteiger partial charge in [-0.25, -0.2) is 0 Å². The molecule has 1 aliphatic rings. The SMILES string of the molecule is O=C(NCCCN(C(=O)CCC1CCCC1)c1ccccc1)c1ccccc1. The molecule has 1 aliphatic carbocycles. The molecule has 2 amide bonds. The average Bonchev–Trinajstić information content (AvgIpc) is 3.27. The van der Waals surface area contributed by atoms with Gasteiger partial charge in [-0.2, -0.15) is 0 Å². The summed E-state index contributed by atoms with van der Waals surface area (Å²) in [5.74, 6) is 0.832. The van der Waals surface area contributed by atoms with Crippen molar-refractivity contribution in [1.29, 1.82) is 0 Å². The summed E-state index contributed by atoms with van der Waals surface area (Å²) in [5.41, 5.74) is 1.60. The van der Waals surface area contributed by atoms with Crippen molar-refractivity contribution in [1.82, 2.24) is 5.32 Å². The maximum absolute atomic E-state index is 12.9. The number of carbonyl (C=O) groups is 2. The highest BCUT2D eigenvalue weighted by Crippen LogP contribution is 2.29. The van der Waals surface area contributed by atoms with Crippen LogP contribution in [0.15, 0.2) is 60.7 Å². The zero-order valence-electron chi connectivity index (χ0n) is 16.5. The van der Waals surface area contributed by atoms with Gasteiger partial charge in [-0.05, 0) is 43.0 Å². The summed E-state index contributed by atoms with van der Waals surface area (Å²) in [6.07, 6.45) is 7.48. The molecule has 0 heterocycles. The number of nitrogens with one attached hydrogen (secondary N) is 1. The van der Waals surface area contributed by atoms with Crippen LogP contribution in [0.3, 0.4) is 0 Å². The van der Waals surface area contributed by atoms with Gasteiger partial charge in [-0.3, -0.25) is 9.59 Å². The van der Waals surface area contributed by atoms with E-state index < -0.39 is 0 Å². The Kier molecular flexibility index (Phi) is 7.65. The first-order valence-electron chi connectivity index (χ1n) is 10.4. The van der Waals surface area contributed by atoms with E-state index in [-0.39, 0.29) is 11.8 Å². The van der Waals surface area contributed by atoms with Crippen LogP contribution in [0.2, 0.25) is 0 Å². The van der Waals surface area contributed by atoms with E-state index in [0.29, 0.717) is 31.0 Å². The van der Waals surface area contributed by atoms with Crippen LogP contribution in [0.1, 0.15) is 55.3 Å². The molecule has 2 aromatic carbocycles. The maximum Gasteiger partial charge on any atom is 0.251 e. The number of anilines is 1. The number of amides is 2. The van der Waals surface area contributed by atoms with E-state index in [4.69, 9.17) is 0 Å². The summed E-state index contributed by atoms with van der Waals surface area (Å²) in [5, 5.41) is 2.94. The number of benzene rings is 2. The second kappa shape index (κ2) is 10.6. The van der Waals surface area contributed by atoms with Crippen molar-refractivity contribution >= 4 is 17.5 Å². The van der Waals surface area contributed by atoms with E-state index in [1.54, 1.807) is 12.1 Å². The van der Waals surface area contributed by atoms with Gasteiger partial charge in [0.25, 0.3) is 5.91 Å². The molecule has 0 aromatic heterocycles. The highest BCUT2D eigenvalue weighted by atomic mass is 16.2. The second-order valence-corrected chi connectivity index (χ2v) is 7.55. The Labute approximate surface area is 167 Å². The van der Waals surface area contributed by atoms with Crippen molar-refractivity contribution in [2.75, 3.05) is 18.0 Å². The van der Waals surface area contributed by atoms with E-state index >= 15 is 0 Å². The first kappa shape index (κ1) is 20.1. The molecular weight excluding hydrogens is 348 g/mol. The molecule has 0 aliphatic heterocycles. The minimum atomic E-state index is -0.0700. The smallest absolute Gasteiger partial charge is 0.251 e. The first-order valence-corrected chi connectivity index (χ1v) is 10.4. The Morgan fingerprint density at radius 1 is 0.929 bits per heavy atom. The summed E-state index contributed by atoms with van der Waals surface area (Å²) in [6, 6.07) is 19.1. The third-order valence-corrected chi connectivity index (χ3v) is 5.49. The minimum Gasteiger partial charge on any atom is -0.352 e. The summed E-state index contributed by atoms with van der Waals surface area (Å²) in [4.78, 5) is 26.9. The van der Waals surface area contributed by atoms with Crippen molar-refractivity contribution in [2.45, 2.75) is 44.9 Å². The quantitative estimate of drug-likeness (QED) is 0.637. The van der Waals surface area contributed by atoms with E-state index in [0.717, 1.165) is 18.5 Å². The first-order chi connectivity index (χ1) is 13.7. The maximum atomic E-state index is 12.9. The van der Waals surface area contributed by atoms with Gasteiger partial charge in [0, 0.05) is 30.8 Å². The Morgan fingerprint density at radius 3 is 2.25 bits per heavy atom. The molecule has 0 saturated heterocycles. The van der Waals surface area contributed by atoms with Crippen LogP contribution in [-0.2, 0) is 4.79 Å². The summed E-state index contributed by atoms with van der Waals surface area (Å²) < 4.78 is 0. The topological polar surface area (TPSA) is 49.4 Å². The monoisotopic (exact) mass is 378 g/mol. The lowest BCUT2D eigenvalue weighted by Crippen LogP contribution is -2.34. The van der Waals surface area contributed by atoms with Crippen LogP contribution in [0.5, 0.6) is 0 Å². The molecule has 3 rings (SSSR count). The van der Waals surface area contributed by atoms with Crippen molar-refractivity contribution < 1.29 is 9.59 Å². The van der Waals surface area contributed by atoms with Gasteiger partial charge in [0.2, 0.25) is 5.91 Å². The number of para-hydroxylation sites is 1. The van der Waals surface area contributed by atoms with Crippen molar-refractivity contribution in [2.24, 2.45) is 5.92 Å². The molecule has 28 heavy (non-hydrogen) atoms. The molecule has 4 heteroatoms. The third-order valence-electron chi connectivity index (χ3n) is 5.49. The van der Waals surface area contributed by atoms with Gasteiger partial charge < -0.3 is 10.2 Å². The van der Waals surface area contributed by atoms with Gasteiger partial charge in [-0.15, -0.1) is 0 Å². The fraction of sp³-hybridized carbons (Fsp3) is 0.417. The molecule has 0 bridgehead atoms. The standard InChI is InChI=1S/C24H30N2O2/c27-23(17-16-20-10-7-8-11-20)26(22-14-5-2-6-15-22)19-9-18-25-24(28)21-12-3-1-4-13-21/h1-6,12-15,20H,7-11,16-19H2,(H,25,28). The van der Waals surface area contributed by atoms with Gasteiger partial charge in [0.15, 0.2) is 0 Å². The zero-order chi connectivity index (χ0) is 19.6. The Morgan fingerprint density at radius 2 is 1.57 bits per heavy atom. The molecule has 0 radical (unpaired) electrons. The van der Waals surface area contributed by atoms with Gasteiger partial charge in [-0.1, -0.05) is 62.1 Å². The highest BCUT2D eigenvalue weighted by Gasteiger charge is 2.20. The van der Waals surface area contributed by atoms with E-state index in [9.17, 15) is 9.59 Å². The second-order valence-electron chi connectivity index (χ2n) is 7.55. The van der Waals surface area contributed by atoms with Gasteiger partial charge in [0.05, 0.1) is 0 Å². The van der Waals surface area contributed by atoms with Crippen LogP contribution in [0.25, 0.3) is 0 Å². The van der Waals surface area contributed by atoms with Crippen LogP contribution in [0, 0.1) is 5.92 Å². The van der Waals surface area contributed by atoms with Gasteiger partial charge >= 0.3 is 0 Å². The molecular formula is C24H30N2O2. The third kappa shape index (κ3) is 5.95. The Hall–Kier alpha value is -2.62. The zero-order valence-corrected chi connectivity index (χ0v) is 16.5. The fourth-order valence-electron chi connectivity index (χ4n) is 3.90. The molecule has 148 valence electrons. The molecule has 0 unspecified atom stereocenters. The van der Waals surface area contributed by atoms with Crippen LogP contribution >= 0.6 is 0 Å². The van der Waals surface area contributed by atoms with Crippen molar-refractivity contribution in [3.8, 4) is 0 Å². The van der Waals surface area contributed by atoms with Crippen molar-refractivity contribution in [3.63, 3.8) is 0 Å². The number of rotatable bonds is 9. The summed E-state index contributed by atoms with van der Waals surface area (Å²) in [6.45, 7) is 1.16. The molecule has 0 atom stereocenters. The normalized spacial score (nSPS) is 14.0. The molecule has 1 N–H and O–H groups in total. The summed E-state index contributed by atoms with van der Waals surface area (Å²) in [7, 11) is 0. The predicted octanol–water partition coefficient (Wildman–Crippen LogP) is 4.81. The largest absolute Gasteiger partial charge is 0.352 e. The number of nitrogens with zero attached hydrogens (tertiary/aromatic N) is 1. The van der Waals surface area contributed by atoms with E-state index in [1.165, 1.54) is 25.7 Å². The number of carbonyl (C=O) groups excluding carboxylic acids is 2. The lowest BCUT2D eigenvalue weighted by atomic mass is 10.0. The number of hydrogen-bond donors (Lipinski definition) is 1. The Bertz CT molecular complexity index is 740. The van der Waals surface area contributed by atoms with E-state index in [1.807, 2.05) is 53.4 Å². The van der Waals surface area contributed by atoms with Crippen LogP contribution < -0.4 is 10.2 Å². The lowest BCUT2D eigenvalue weighted by Gasteiger charge is -2.24. The summed E-state index contributed by atoms with van der Waals surface area (Å²) >= 11 is 0. The predicted molar refractivity (Wildman–Crippen MR) is 113 cm³/mol.